The van der Waals surface area contributed by atoms with Crippen LogP contribution in [0.3, 0.4) is 0 Å². The van der Waals surface area contributed by atoms with Gasteiger partial charge in [-0.3, -0.25) is 9.69 Å². The average molecular weight is 469 g/mol. The molecule has 3 heterocycles. The molecule has 4 rings (SSSR count). The molecule has 0 aliphatic carbocycles. The third-order valence-corrected chi connectivity index (χ3v) is 5.93. The number of morpholine rings is 2. The molecule has 0 atom stereocenters. The summed E-state index contributed by atoms with van der Waals surface area (Å²) in [4.78, 5) is 21.0. The Kier molecular flexibility index (Phi) is 7.94. The van der Waals surface area contributed by atoms with Crippen molar-refractivity contribution in [2.45, 2.75) is 6.92 Å². The summed E-state index contributed by atoms with van der Waals surface area (Å²) in [6.45, 7) is 9.32. The van der Waals surface area contributed by atoms with Crippen LogP contribution in [0.1, 0.15) is 27.2 Å². The van der Waals surface area contributed by atoms with Crippen LogP contribution in [-0.2, 0) is 9.47 Å². The molecule has 2 saturated heterocycles. The Morgan fingerprint density at radius 2 is 1.71 bits per heavy atom. The number of primary amides is 1. The van der Waals surface area contributed by atoms with E-state index in [4.69, 9.17) is 30.8 Å². The van der Waals surface area contributed by atoms with E-state index in [1.807, 2.05) is 25.1 Å². The molecular weight excluding hydrogens is 436 g/mol. The van der Waals surface area contributed by atoms with Gasteiger partial charge in [0, 0.05) is 55.6 Å². The molecule has 2 aliphatic heterocycles. The van der Waals surface area contributed by atoms with E-state index in [-0.39, 0.29) is 0 Å². The van der Waals surface area contributed by atoms with Crippen molar-refractivity contribution in [1.29, 1.82) is 0 Å². The van der Waals surface area contributed by atoms with E-state index in [1.54, 1.807) is 12.1 Å². The summed E-state index contributed by atoms with van der Waals surface area (Å²) in [5.41, 5.74) is 9.43. The van der Waals surface area contributed by atoms with Gasteiger partial charge in [0.05, 0.1) is 32.1 Å². The first-order valence-electron chi connectivity index (χ1n) is 11.5. The molecule has 0 bridgehead atoms. The number of hydrazone groups is 1. The van der Waals surface area contributed by atoms with Gasteiger partial charge in [-0.05, 0) is 36.8 Å². The topological polar surface area (TPSA) is 129 Å². The van der Waals surface area contributed by atoms with E-state index in [2.05, 4.69) is 14.9 Å². The Balaban J connectivity index is 1.62. The van der Waals surface area contributed by atoms with Crippen LogP contribution in [0, 0.1) is 6.92 Å². The molecule has 182 valence electrons. The number of nitrogens with two attached hydrogens (primary N) is 2. The number of nitrogens with zero attached hydrogens (tertiary/aromatic N) is 4. The van der Waals surface area contributed by atoms with Crippen LogP contribution in [0.25, 0.3) is 0 Å². The van der Waals surface area contributed by atoms with Gasteiger partial charge in [-0.15, -0.1) is 0 Å². The Bertz CT molecular complexity index is 1030. The standard InChI is InChI=1S/C24H32N6O4/c1-17-12-18(14-19(13-17)24(25)31)23(28-26)21-15-20(30-5-9-33-10-6-30)16-22(27-21)34-11-4-29-2-7-32-8-3-29/h12-16H,2-11,26H2,1H3,(H2,25,31). The third kappa shape index (κ3) is 6.02. The molecule has 1 aromatic carbocycles. The number of carbonyl (C=O) groups excluding carboxylic acids is 1. The van der Waals surface area contributed by atoms with Gasteiger partial charge in [0.2, 0.25) is 11.8 Å². The predicted molar refractivity (Wildman–Crippen MR) is 130 cm³/mol. The number of aromatic nitrogens is 1. The summed E-state index contributed by atoms with van der Waals surface area (Å²) in [6, 6.07) is 9.20. The van der Waals surface area contributed by atoms with Gasteiger partial charge in [0.1, 0.15) is 12.3 Å². The summed E-state index contributed by atoms with van der Waals surface area (Å²) in [5.74, 6) is 5.81. The second-order valence-corrected chi connectivity index (χ2v) is 8.38. The zero-order valence-corrected chi connectivity index (χ0v) is 19.5. The number of pyridine rings is 1. The maximum atomic E-state index is 11.8. The molecule has 10 heteroatoms. The monoisotopic (exact) mass is 468 g/mol. The van der Waals surface area contributed by atoms with Gasteiger partial charge < -0.3 is 30.7 Å². The molecule has 2 fully saturated rings. The van der Waals surface area contributed by atoms with Crippen LogP contribution in [0.15, 0.2) is 35.4 Å². The van der Waals surface area contributed by atoms with Gasteiger partial charge in [0.25, 0.3) is 0 Å². The number of hydrogen-bond donors (Lipinski definition) is 2. The van der Waals surface area contributed by atoms with Crippen molar-refractivity contribution in [3.8, 4) is 5.88 Å². The SMILES string of the molecule is Cc1cc(C(N)=O)cc(C(=NN)c2cc(N3CCOCC3)cc(OCCN3CCOCC3)n2)c1. The first-order chi connectivity index (χ1) is 16.5. The smallest absolute Gasteiger partial charge is 0.248 e. The van der Waals surface area contributed by atoms with Crippen molar-refractivity contribution < 1.29 is 19.0 Å². The van der Waals surface area contributed by atoms with Crippen LogP contribution in [0.2, 0.25) is 0 Å². The number of rotatable bonds is 8. The number of amides is 1. The lowest BCUT2D eigenvalue weighted by Crippen LogP contribution is -2.38. The minimum atomic E-state index is -0.511. The van der Waals surface area contributed by atoms with Gasteiger partial charge in [-0.2, -0.15) is 5.10 Å². The van der Waals surface area contributed by atoms with Gasteiger partial charge in [0.15, 0.2) is 0 Å². The number of ether oxygens (including phenoxy) is 3. The lowest BCUT2D eigenvalue weighted by molar-refractivity contribution is 0.0320. The highest BCUT2D eigenvalue weighted by Gasteiger charge is 2.19. The summed E-state index contributed by atoms with van der Waals surface area (Å²) in [7, 11) is 0. The largest absolute Gasteiger partial charge is 0.476 e. The molecular formula is C24H32N6O4. The quantitative estimate of drug-likeness (QED) is 0.330. The van der Waals surface area contributed by atoms with Crippen molar-refractivity contribution in [3.05, 3.63) is 52.7 Å². The number of anilines is 1. The Hall–Kier alpha value is -3.21. The summed E-state index contributed by atoms with van der Waals surface area (Å²) < 4.78 is 17.0. The molecule has 1 aromatic heterocycles. The molecule has 4 N–H and O–H groups in total. The first-order valence-corrected chi connectivity index (χ1v) is 11.5. The van der Waals surface area contributed by atoms with Gasteiger partial charge >= 0.3 is 0 Å². The average Bonchev–Trinajstić information content (AvgIpc) is 2.85. The van der Waals surface area contributed by atoms with E-state index in [0.717, 1.165) is 57.2 Å². The van der Waals surface area contributed by atoms with E-state index in [0.29, 0.717) is 48.2 Å². The van der Waals surface area contributed by atoms with Crippen molar-refractivity contribution >= 4 is 17.3 Å². The molecule has 0 spiro atoms. The molecule has 2 aliphatic rings. The summed E-state index contributed by atoms with van der Waals surface area (Å²) in [6.07, 6.45) is 0. The third-order valence-electron chi connectivity index (χ3n) is 5.93. The first kappa shape index (κ1) is 23.9. The molecule has 0 saturated carbocycles. The molecule has 10 nitrogen and oxygen atoms in total. The number of carbonyl (C=O) groups is 1. The lowest BCUT2D eigenvalue weighted by atomic mass is 10.00. The maximum Gasteiger partial charge on any atom is 0.248 e. The summed E-state index contributed by atoms with van der Waals surface area (Å²) in [5, 5.41) is 4.03. The van der Waals surface area contributed by atoms with E-state index >= 15 is 0 Å². The zero-order valence-electron chi connectivity index (χ0n) is 19.5. The normalized spacial score (nSPS) is 17.6. The maximum absolute atomic E-state index is 11.8. The van der Waals surface area contributed by atoms with E-state index in [1.165, 1.54) is 0 Å². The van der Waals surface area contributed by atoms with Crippen molar-refractivity contribution in [2.75, 3.05) is 70.7 Å². The predicted octanol–water partition coefficient (Wildman–Crippen LogP) is 0.748. The summed E-state index contributed by atoms with van der Waals surface area (Å²) >= 11 is 0. The Labute approximate surface area is 199 Å². The van der Waals surface area contributed by atoms with E-state index in [9.17, 15) is 4.79 Å². The lowest BCUT2D eigenvalue weighted by Gasteiger charge is -2.29. The highest BCUT2D eigenvalue weighted by atomic mass is 16.5. The second kappa shape index (κ2) is 11.3. The van der Waals surface area contributed by atoms with Gasteiger partial charge in [-0.1, -0.05) is 0 Å². The van der Waals surface area contributed by atoms with Crippen molar-refractivity contribution in [1.82, 2.24) is 9.88 Å². The van der Waals surface area contributed by atoms with Crippen LogP contribution < -0.4 is 21.2 Å². The molecule has 1 amide bonds. The minimum Gasteiger partial charge on any atom is -0.476 e. The number of benzene rings is 1. The second-order valence-electron chi connectivity index (χ2n) is 8.38. The van der Waals surface area contributed by atoms with Crippen LogP contribution in [0.4, 0.5) is 5.69 Å². The highest BCUT2D eigenvalue weighted by molar-refractivity contribution is 6.13. The number of aryl methyl sites for hydroxylation is 1. The molecule has 0 unspecified atom stereocenters. The molecule has 34 heavy (non-hydrogen) atoms. The molecule has 2 aromatic rings. The fourth-order valence-electron chi connectivity index (χ4n) is 4.15. The highest BCUT2D eigenvalue weighted by Crippen LogP contribution is 2.25. The fourth-order valence-corrected chi connectivity index (χ4v) is 4.15. The van der Waals surface area contributed by atoms with Crippen molar-refractivity contribution in [2.24, 2.45) is 16.7 Å². The fraction of sp³-hybridized carbons (Fsp3) is 0.458. The Morgan fingerprint density at radius 1 is 1.03 bits per heavy atom. The Morgan fingerprint density at radius 3 is 2.38 bits per heavy atom. The van der Waals surface area contributed by atoms with Gasteiger partial charge in [-0.25, -0.2) is 4.98 Å². The van der Waals surface area contributed by atoms with Crippen LogP contribution in [0.5, 0.6) is 5.88 Å². The molecule has 0 radical (unpaired) electrons. The van der Waals surface area contributed by atoms with Crippen molar-refractivity contribution in [3.63, 3.8) is 0 Å². The zero-order chi connectivity index (χ0) is 23.9. The van der Waals surface area contributed by atoms with Crippen LogP contribution >= 0.6 is 0 Å². The minimum absolute atomic E-state index is 0.391. The number of hydrogen-bond acceptors (Lipinski definition) is 9. The van der Waals surface area contributed by atoms with E-state index < -0.39 is 5.91 Å². The van der Waals surface area contributed by atoms with Crippen LogP contribution in [-0.4, -0.2) is 87.3 Å².